The maximum absolute atomic E-state index is 13.9. The second kappa shape index (κ2) is 6.50. The predicted molar refractivity (Wildman–Crippen MR) is 77.1 cm³/mol. The van der Waals surface area contributed by atoms with Gasteiger partial charge in [0.1, 0.15) is 0 Å². The Bertz CT molecular complexity index is 764. The standard InChI is InChI=1S/C16H11FN2O3/c17-14-12(16(21)22)2-1-3-13(14)19-15(20)11-6-4-10(5-7-11)8-9-18/h1-7H,8H2,(H,19,20)(H,21,22). The van der Waals surface area contributed by atoms with Gasteiger partial charge in [-0.1, -0.05) is 18.2 Å². The van der Waals surface area contributed by atoms with Gasteiger partial charge in [0.15, 0.2) is 5.82 Å². The number of benzene rings is 2. The number of carboxylic acids is 1. The summed E-state index contributed by atoms with van der Waals surface area (Å²) in [5, 5.41) is 19.7. The molecule has 0 aliphatic carbocycles. The first kappa shape index (κ1) is 15.2. The Labute approximate surface area is 125 Å². The molecular weight excluding hydrogens is 287 g/mol. The van der Waals surface area contributed by atoms with E-state index >= 15 is 0 Å². The summed E-state index contributed by atoms with van der Waals surface area (Å²) < 4.78 is 13.9. The van der Waals surface area contributed by atoms with Gasteiger partial charge in [0.25, 0.3) is 5.91 Å². The molecule has 0 unspecified atom stereocenters. The lowest BCUT2D eigenvalue weighted by Gasteiger charge is -2.08. The average molecular weight is 298 g/mol. The van der Waals surface area contributed by atoms with Gasteiger partial charge in [-0.2, -0.15) is 5.26 Å². The molecule has 0 saturated heterocycles. The van der Waals surface area contributed by atoms with Crippen molar-refractivity contribution < 1.29 is 19.1 Å². The smallest absolute Gasteiger partial charge is 0.338 e. The third kappa shape index (κ3) is 3.27. The number of rotatable bonds is 4. The van der Waals surface area contributed by atoms with Crippen LogP contribution in [0.4, 0.5) is 10.1 Å². The summed E-state index contributed by atoms with van der Waals surface area (Å²) in [5.74, 6) is -2.97. The summed E-state index contributed by atoms with van der Waals surface area (Å²) >= 11 is 0. The molecule has 2 rings (SSSR count). The molecule has 2 N–H and O–H groups in total. The summed E-state index contributed by atoms with van der Waals surface area (Å²) in [5.41, 5.74) is 0.327. The third-order valence-corrected chi connectivity index (χ3v) is 2.98. The number of aromatic carboxylic acids is 1. The van der Waals surface area contributed by atoms with Gasteiger partial charge in [0.05, 0.1) is 23.7 Å². The first-order valence-electron chi connectivity index (χ1n) is 6.32. The molecule has 22 heavy (non-hydrogen) atoms. The molecule has 0 aliphatic heterocycles. The van der Waals surface area contributed by atoms with Gasteiger partial charge in [0, 0.05) is 5.56 Å². The van der Waals surface area contributed by atoms with Gasteiger partial charge in [0.2, 0.25) is 0 Å². The maximum atomic E-state index is 13.9. The molecule has 0 atom stereocenters. The Kier molecular flexibility index (Phi) is 4.49. The van der Waals surface area contributed by atoms with Crippen molar-refractivity contribution in [2.24, 2.45) is 0 Å². The van der Waals surface area contributed by atoms with E-state index in [1.807, 2.05) is 6.07 Å². The molecule has 0 spiro atoms. The van der Waals surface area contributed by atoms with Crippen molar-refractivity contribution >= 4 is 17.6 Å². The Morgan fingerprint density at radius 1 is 1.18 bits per heavy atom. The number of carboxylic acid groups (broad SMARTS) is 1. The fourth-order valence-electron chi connectivity index (χ4n) is 1.85. The highest BCUT2D eigenvalue weighted by Gasteiger charge is 2.16. The van der Waals surface area contributed by atoms with Gasteiger partial charge in [-0.3, -0.25) is 4.79 Å². The molecule has 2 aromatic rings. The number of anilines is 1. The van der Waals surface area contributed by atoms with Gasteiger partial charge < -0.3 is 10.4 Å². The van der Waals surface area contributed by atoms with Crippen LogP contribution in [0.3, 0.4) is 0 Å². The van der Waals surface area contributed by atoms with E-state index in [9.17, 15) is 14.0 Å². The van der Waals surface area contributed by atoms with Crippen molar-refractivity contribution in [2.75, 3.05) is 5.32 Å². The first-order chi connectivity index (χ1) is 10.5. The first-order valence-corrected chi connectivity index (χ1v) is 6.32. The molecule has 0 fully saturated rings. The number of hydrogen-bond donors (Lipinski definition) is 2. The van der Waals surface area contributed by atoms with Gasteiger partial charge in [-0.15, -0.1) is 0 Å². The molecule has 0 bridgehead atoms. The lowest BCUT2D eigenvalue weighted by molar-refractivity contribution is 0.0691. The van der Waals surface area contributed by atoms with E-state index in [4.69, 9.17) is 10.4 Å². The number of nitrogens with zero attached hydrogens (tertiary/aromatic N) is 1. The fourth-order valence-corrected chi connectivity index (χ4v) is 1.85. The van der Waals surface area contributed by atoms with E-state index in [0.29, 0.717) is 0 Å². The molecule has 5 nitrogen and oxygen atoms in total. The number of hydrogen-bond acceptors (Lipinski definition) is 3. The summed E-state index contributed by atoms with van der Waals surface area (Å²) in [6.07, 6.45) is 0.233. The normalized spacial score (nSPS) is 9.82. The molecule has 0 aliphatic rings. The highest BCUT2D eigenvalue weighted by molar-refractivity contribution is 6.05. The van der Waals surface area contributed by atoms with E-state index in [1.54, 1.807) is 12.1 Å². The molecule has 2 aromatic carbocycles. The Balaban J connectivity index is 2.20. The van der Waals surface area contributed by atoms with Crippen molar-refractivity contribution in [1.29, 1.82) is 5.26 Å². The number of amides is 1. The minimum Gasteiger partial charge on any atom is -0.478 e. The lowest BCUT2D eigenvalue weighted by Crippen LogP contribution is -2.14. The van der Waals surface area contributed by atoms with Gasteiger partial charge in [-0.05, 0) is 29.8 Å². The van der Waals surface area contributed by atoms with Crippen LogP contribution >= 0.6 is 0 Å². The quantitative estimate of drug-likeness (QED) is 0.908. The van der Waals surface area contributed by atoms with Crippen molar-refractivity contribution in [3.63, 3.8) is 0 Å². The molecule has 6 heteroatoms. The van der Waals surface area contributed by atoms with Crippen LogP contribution in [-0.2, 0) is 6.42 Å². The summed E-state index contributed by atoms with van der Waals surface area (Å²) in [6.45, 7) is 0. The largest absolute Gasteiger partial charge is 0.478 e. The summed E-state index contributed by atoms with van der Waals surface area (Å²) in [7, 11) is 0. The number of carbonyl (C=O) groups excluding carboxylic acids is 1. The highest BCUT2D eigenvalue weighted by Crippen LogP contribution is 2.19. The van der Waals surface area contributed by atoms with Crippen molar-refractivity contribution in [1.82, 2.24) is 0 Å². The van der Waals surface area contributed by atoms with Crippen LogP contribution in [0.25, 0.3) is 0 Å². The Morgan fingerprint density at radius 2 is 1.86 bits per heavy atom. The topological polar surface area (TPSA) is 90.2 Å². The monoisotopic (exact) mass is 298 g/mol. The van der Waals surface area contributed by atoms with E-state index in [1.165, 1.54) is 24.3 Å². The molecule has 0 saturated carbocycles. The van der Waals surface area contributed by atoms with Gasteiger partial charge >= 0.3 is 5.97 Å². The van der Waals surface area contributed by atoms with Crippen LogP contribution in [0.1, 0.15) is 26.3 Å². The molecular formula is C16H11FN2O3. The van der Waals surface area contributed by atoms with Crippen molar-refractivity contribution in [2.45, 2.75) is 6.42 Å². The number of halogens is 1. The van der Waals surface area contributed by atoms with Crippen LogP contribution in [0.15, 0.2) is 42.5 Å². The second-order valence-electron chi connectivity index (χ2n) is 4.46. The second-order valence-corrected chi connectivity index (χ2v) is 4.46. The molecule has 1 amide bonds. The third-order valence-electron chi connectivity index (χ3n) is 2.98. The zero-order valence-corrected chi connectivity index (χ0v) is 11.3. The van der Waals surface area contributed by atoms with E-state index in [2.05, 4.69) is 5.32 Å². The van der Waals surface area contributed by atoms with Crippen LogP contribution < -0.4 is 5.32 Å². The van der Waals surface area contributed by atoms with E-state index < -0.39 is 23.3 Å². The Hall–Kier alpha value is -3.20. The molecule has 0 heterocycles. The zero-order valence-electron chi connectivity index (χ0n) is 11.3. The zero-order chi connectivity index (χ0) is 16.1. The number of nitriles is 1. The predicted octanol–water partition coefficient (Wildman–Crippen LogP) is 2.84. The highest BCUT2D eigenvalue weighted by atomic mass is 19.1. The SMILES string of the molecule is N#CCc1ccc(C(=O)Nc2cccc(C(=O)O)c2F)cc1. The summed E-state index contributed by atoms with van der Waals surface area (Å²) in [6, 6.07) is 12.0. The number of nitrogens with one attached hydrogen (secondary N) is 1. The van der Waals surface area contributed by atoms with E-state index in [0.717, 1.165) is 11.6 Å². The van der Waals surface area contributed by atoms with Crippen LogP contribution in [0.5, 0.6) is 0 Å². The fraction of sp³-hybridized carbons (Fsp3) is 0.0625. The molecule has 110 valence electrons. The lowest BCUT2D eigenvalue weighted by atomic mass is 10.1. The van der Waals surface area contributed by atoms with Crippen LogP contribution in [0, 0.1) is 17.1 Å². The maximum Gasteiger partial charge on any atom is 0.338 e. The molecule has 0 aromatic heterocycles. The van der Waals surface area contributed by atoms with Crippen LogP contribution in [0.2, 0.25) is 0 Å². The Morgan fingerprint density at radius 3 is 2.45 bits per heavy atom. The minimum absolute atomic E-state index is 0.203. The van der Waals surface area contributed by atoms with E-state index in [-0.39, 0.29) is 17.7 Å². The van der Waals surface area contributed by atoms with Crippen LogP contribution in [-0.4, -0.2) is 17.0 Å². The average Bonchev–Trinajstić information content (AvgIpc) is 2.50. The summed E-state index contributed by atoms with van der Waals surface area (Å²) in [4.78, 5) is 22.9. The van der Waals surface area contributed by atoms with Crippen molar-refractivity contribution in [3.8, 4) is 6.07 Å². The number of carbonyl (C=O) groups is 2. The van der Waals surface area contributed by atoms with Crippen molar-refractivity contribution in [3.05, 3.63) is 65.0 Å². The molecule has 0 radical (unpaired) electrons. The minimum atomic E-state index is -1.41. The van der Waals surface area contributed by atoms with Gasteiger partial charge in [-0.25, -0.2) is 9.18 Å².